The second-order valence-corrected chi connectivity index (χ2v) is 9.36. The Bertz CT molecular complexity index is 1010. The van der Waals surface area contributed by atoms with Crippen molar-refractivity contribution in [1.29, 1.82) is 0 Å². The number of nitrogens with one attached hydrogen (secondary N) is 1. The number of amides is 1. The highest BCUT2D eigenvalue weighted by atomic mass is 79.9. The molecule has 1 unspecified atom stereocenters. The quantitative estimate of drug-likeness (QED) is 0.507. The number of carbonyl (C=O) groups excluding carboxylic acids is 1. The number of thiazole rings is 1. The van der Waals surface area contributed by atoms with E-state index in [9.17, 15) is 4.79 Å². The average molecular weight is 488 g/mol. The number of rotatable bonds is 7. The summed E-state index contributed by atoms with van der Waals surface area (Å²) in [6.07, 6.45) is 2.79. The smallest absolute Gasteiger partial charge is 0.224 e. The number of hydrogen-bond donors (Lipinski definition) is 1. The van der Waals surface area contributed by atoms with E-state index in [1.165, 1.54) is 5.56 Å². The predicted molar refractivity (Wildman–Crippen MR) is 127 cm³/mol. The fourth-order valence-electron chi connectivity index (χ4n) is 3.80. The first-order valence-electron chi connectivity index (χ1n) is 10.4. The number of carbonyl (C=O) groups is 1. The lowest BCUT2D eigenvalue weighted by Gasteiger charge is -2.31. The molecular weight excluding hydrogens is 462 g/mol. The fourth-order valence-corrected chi connectivity index (χ4v) is 5.26. The molecule has 158 valence electrons. The Balaban J connectivity index is 1.39. The van der Waals surface area contributed by atoms with Crippen molar-refractivity contribution in [3.63, 3.8) is 0 Å². The van der Waals surface area contributed by atoms with Gasteiger partial charge in [0.25, 0.3) is 0 Å². The van der Waals surface area contributed by atoms with Crippen molar-refractivity contribution in [2.75, 3.05) is 31.1 Å². The molecule has 4 rings (SSSR count). The molecule has 2 aromatic carbocycles. The van der Waals surface area contributed by atoms with Crippen molar-refractivity contribution in [2.45, 2.75) is 26.2 Å². The van der Waals surface area contributed by atoms with E-state index in [4.69, 9.17) is 9.72 Å². The number of fused-ring (bicyclic) bond motifs is 1. The fraction of sp³-hybridized carbons (Fsp3) is 0.391. The molecule has 0 radical (unpaired) electrons. The van der Waals surface area contributed by atoms with Crippen LogP contribution in [0.2, 0.25) is 0 Å². The summed E-state index contributed by atoms with van der Waals surface area (Å²) in [6, 6.07) is 14.3. The maximum atomic E-state index is 12.7. The van der Waals surface area contributed by atoms with Gasteiger partial charge in [-0.15, -0.1) is 0 Å². The van der Waals surface area contributed by atoms with Gasteiger partial charge in [0.1, 0.15) is 5.75 Å². The topological polar surface area (TPSA) is 54.5 Å². The number of halogens is 1. The minimum atomic E-state index is 0.00672. The molecule has 3 aromatic rings. The third-order valence-electron chi connectivity index (χ3n) is 5.35. The summed E-state index contributed by atoms with van der Waals surface area (Å²) in [5.41, 5.74) is 2.20. The van der Waals surface area contributed by atoms with Crippen molar-refractivity contribution in [3.8, 4) is 5.75 Å². The summed E-state index contributed by atoms with van der Waals surface area (Å²) in [5, 5.41) is 4.10. The van der Waals surface area contributed by atoms with Gasteiger partial charge in [0, 0.05) is 25.7 Å². The standard InChI is InChI=1S/C23H26BrN3O2S/c1-2-29-20-14-21-19(13-18(20)24)26-23(30-21)27-12-6-9-17(15-27)22(28)25-11-10-16-7-4-3-5-8-16/h3-5,7-8,13-14,17H,2,6,9-12,15H2,1H3,(H,25,28). The molecule has 7 heteroatoms. The number of benzene rings is 2. The van der Waals surface area contributed by atoms with Crippen molar-refractivity contribution in [3.05, 3.63) is 52.5 Å². The molecule has 1 amide bonds. The third-order valence-corrected chi connectivity index (χ3v) is 7.05. The Kier molecular flexibility index (Phi) is 6.89. The summed E-state index contributed by atoms with van der Waals surface area (Å²) < 4.78 is 7.71. The van der Waals surface area contributed by atoms with E-state index in [1.54, 1.807) is 11.3 Å². The Morgan fingerprint density at radius 3 is 2.97 bits per heavy atom. The van der Waals surface area contributed by atoms with Crippen LogP contribution in [0.1, 0.15) is 25.3 Å². The number of ether oxygens (including phenoxy) is 1. The number of hydrogen-bond acceptors (Lipinski definition) is 5. The number of aromatic nitrogens is 1. The molecular formula is C23H26BrN3O2S. The molecule has 1 atom stereocenters. The summed E-state index contributed by atoms with van der Waals surface area (Å²) >= 11 is 5.23. The van der Waals surface area contributed by atoms with E-state index in [0.29, 0.717) is 13.2 Å². The molecule has 30 heavy (non-hydrogen) atoms. The Morgan fingerprint density at radius 1 is 1.33 bits per heavy atom. The van der Waals surface area contributed by atoms with Crippen LogP contribution in [0.4, 0.5) is 5.13 Å². The molecule has 2 heterocycles. The van der Waals surface area contributed by atoms with Crippen molar-refractivity contribution >= 4 is 48.5 Å². The first-order valence-corrected chi connectivity index (χ1v) is 12.0. The lowest BCUT2D eigenvalue weighted by molar-refractivity contribution is -0.125. The van der Waals surface area contributed by atoms with E-state index in [-0.39, 0.29) is 11.8 Å². The van der Waals surface area contributed by atoms with Crippen LogP contribution < -0.4 is 15.0 Å². The van der Waals surface area contributed by atoms with Gasteiger partial charge < -0.3 is 15.0 Å². The monoisotopic (exact) mass is 487 g/mol. The van der Waals surface area contributed by atoms with E-state index in [1.807, 2.05) is 37.3 Å². The second kappa shape index (κ2) is 9.79. The van der Waals surface area contributed by atoms with Crippen molar-refractivity contribution in [1.82, 2.24) is 10.3 Å². The lowest BCUT2D eigenvalue weighted by atomic mass is 9.97. The van der Waals surface area contributed by atoms with Crippen LogP contribution in [-0.4, -0.2) is 37.1 Å². The van der Waals surface area contributed by atoms with Gasteiger partial charge in [-0.25, -0.2) is 4.98 Å². The number of nitrogens with zero attached hydrogens (tertiary/aromatic N) is 2. The highest BCUT2D eigenvalue weighted by Gasteiger charge is 2.27. The van der Waals surface area contributed by atoms with Crippen LogP contribution in [0.3, 0.4) is 0 Å². The van der Waals surface area contributed by atoms with Crippen LogP contribution >= 0.6 is 27.3 Å². The van der Waals surface area contributed by atoms with Gasteiger partial charge in [-0.05, 0) is 53.7 Å². The van der Waals surface area contributed by atoms with Gasteiger partial charge in [0.05, 0.1) is 27.2 Å². The number of piperidine rings is 1. The minimum absolute atomic E-state index is 0.00672. The molecule has 1 N–H and O–H groups in total. The molecule has 5 nitrogen and oxygen atoms in total. The summed E-state index contributed by atoms with van der Waals surface area (Å²) in [7, 11) is 0. The molecule has 0 aliphatic carbocycles. The summed E-state index contributed by atoms with van der Waals surface area (Å²) in [5.74, 6) is 1.000. The molecule has 0 saturated carbocycles. The van der Waals surface area contributed by atoms with Gasteiger partial charge in [0.2, 0.25) is 5.91 Å². The maximum absolute atomic E-state index is 12.7. The largest absolute Gasteiger partial charge is 0.493 e. The van der Waals surface area contributed by atoms with Crippen LogP contribution in [0.5, 0.6) is 5.75 Å². The third kappa shape index (κ3) is 4.95. The van der Waals surface area contributed by atoms with Gasteiger partial charge >= 0.3 is 0 Å². The normalized spacial score (nSPS) is 16.6. The van der Waals surface area contributed by atoms with E-state index in [0.717, 1.165) is 57.9 Å². The van der Waals surface area contributed by atoms with Crippen LogP contribution in [0.15, 0.2) is 46.9 Å². The van der Waals surface area contributed by atoms with Gasteiger partial charge in [-0.3, -0.25) is 4.79 Å². The predicted octanol–water partition coefficient (Wildman–Crippen LogP) is 5.03. The van der Waals surface area contributed by atoms with Crippen molar-refractivity contribution in [2.24, 2.45) is 5.92 Å². The van der Waals surface area contributed by atoms with Gasteiger partial charge in [-0.2, -0.15) is 0 Å². The van der Waals surface area contributed by atoms with Gasteiger partial charge in [-0.1, -0.05) is 41.7 Å². The lowest BCUT2D eigenvalue weighted by Crippen LogP contribution is -2.43. The molecule has 1 aliphatic heterocycles. The molecule has 1 fully saturated rings. The van der Waals surface area contributed by atoms with Gasteiger partial charge in [0.15, 0.2) is 5.13 Å². The highest BCUT2D eigenvalue weighted by molar-refractivity contribution is 9.10. The van der Waals surface area contributed by atoms with E-state index < -0.39 is 0 Å². The minimum Gasteiger partial charge on any atom is -0.493 e. The number of anilines is 1. The first kappa shape index (κ1) is 21.1. The molecule has 1 aromatic heterocycles. The van der Waals surface area contributed by atoms with Crippen molar-refractivity contribution < 1.29 is 9.53 Å². The Labute approximate surface area is 189 Å². The summed E-state index contributed by atoms with van der Waals surface area (Å²) in [6.45, 7) is 4.94. The summed E-state index contributed by atoms with van der Waals surface area (Å²) in [4.78, 5) is 19.8. The molecule has 1 aliphatic rings. The second-order valence-electron chi connectivity index (χ2n) is 7.49. The zero-order valence-electron chi connectivity index (χ0n) is 17.1. The van der Waals surface area contributed by atoms with Crippen LogP contribution in [0.25, 0.3) is 10.2 Å². The van der Waals surface area contributed by atoms with Crippen LogP contribution in [-0.2, 0) is 11.2 Å². The SMILES string of the molecule is CCOc1cc2sc(N3CCCC(C(=O)NCCc4ccccc4)C3)nc2cc1Br. The molecule has 0 spiro atoms. The van der Waals surface area contributed by atoms with E-state index >= 15 is 0 Å². The van der Waals surface area contributed by atoms with Crippen LogP contribution in [0, 0.1) is 5.92 Å². The Morgan fingerprint density at radius 2 is 2.17 bits per heavy atom. The molecule has 0 bridgehead atoms. The maximum Gasteiger partial charge on any atom is 0.224 e. The first-order chi connectivity index (χ1) is 14.6. The zero-order valence-corrected chi connectivity index (χ0v) is 19.5. The molecule has 1 saturated heterocycles. The van der Waals surface area contributed by atoms with E-state index in [2.05, 4.69) is 38.3 Å². The average Bonchev–Trinajstić information content (AvgIpc) is 3.18. The Hall–Kier alpha value is -2.12. The highest BCUT2D eigenvalue weighted by Crippen LogP contribution is 2.37. The zero-order chi connectivity index (χ0) is 20.9.